The molecule has 0 aliphatic heterocycles. The Hall–Kier alpha value is -3.07. The Morgan fingerprint density at radius 2 is 1.54 bits per heavy atom. The minimum Gasteiger partial charge on any atom is -0.504 e. The minimum atomic E-state index is -0.101. The predicted octanol–water partition coefficient (Wildman–Crippen LogP) is 4.69. The van der Waals surface area contributed by atoms with Gasteiger partial charge in [0.05, 0.1) is 6.61 Å². The standard InChI is InChI=1S/C21H18O3/c1-2-24-21-18(22)14-13-17(19(21)15-9-5-3-6-10-15)20(23)16-11-7-4-8-12-16/h3-14,22H,2H2,1H3. The van der Waals surface area contributed by atoms with Crippen LogP contribution >= 0.6 is 0 Å². The smallest absolute Gasteiger partial charge is 0.193 e. The van der Waals surface area contributed by atoms with E-state index in [-0.39, 0.29) is 11.5 Å². The average Bonchev–Trinajstić information content (AvgIpc) is 2.64. The summed E-state index contributed by atoms with van der Waals surface area (Å²) in [5.74, 6) is 0.265. The topological polar surface area (TPSA) is 46.5 Å². The van der Waals surface area contributed by atoms with E-state index in [0.717, 1.165) is 5.56 Å². The summed E-state index contributed by atoms with van der Waals surface area (Å²) in [6.45, 7) is 2.25. The summed E-state index contributed by atoms with van der Waals surface area (Å²) < 4.78 is 5.65. The van der Waals surface area contributed by atoms with Crippen LogP contribution in [0.5, 0.6) is 11.5 Å². The highest BCUT2D eigenvalue weighted by molar-refractivity contribution is 6.13. The molecule has 0 atom stereocenters. The number of phenolic OH excluding ortho intramolecular Hbond substituents is 1. The molecular formula is C21H18O3. The summed E-state index contributed by atoms with van der Waals surface area (Å²) >= 11 is 0. The normalized spacial score (nSPS) is 10.4. The maximum atomic E-state index is 13.0. The molecule has 0 spiro atoms. The van der Waals surface area contributed by atoms with Gasteiger partial charge in [0, 0.05) is 16.7 Å². The molecule has 0 bridgehead atoms. The second-order valence-electron chi connectivity index (χ2n) is 5.33. The van der Waals surface area contributed by atoms with Gasteiger partial charge in [-0.15, -0.1) is 0 Å². The highest BCUT2D eigenvalue weighted by Gasteiger charge is 2.21. The van der Waals surface area contributed by atoms with Crippen LogP contribution in [-0.2, 0) is 0 Å². The van der Waals surface area contributed by atoms with Crippen LogP contribution in [0.1, 0.15) is 22.8 Å². The van der Waals surface area contributed by atoms with E-state index in [1.807, 2.05) is 55.5 Å². The lowest BCUT2D eigenvalue weighted by Crippen LogP contribution is -2.06. The fourth-order valence-electron chi connectivity index (χ4n) is 2.69. The molecule has 0 heterocycles. The van der Waals surface area contributed by atoms with Crippen molar-refractivity contribution < 1.29 is 14.6 Å². The fourth-order valence-corrected chi connectivity index (χ4v) is 2.69. The Labute approximate surface area is 141 Å². The van der Waals surface area contributed by atoms with Crippen LogP contribution in [0.4, 0.5) is 0 Å². The van der Waals surface area contributed by atoms with Crippen molar-refractivity contribution >= 4 is 5.78 Å². The lowest BCUT2D eigenvalue weighted by Gasteiger charge is -2.16. The third-order valence-electron chi connectivity index (χ3n) is 3.77. The second kappa shape index (κ2) is 7.01. The zero-order valence-electron chi connectivity index (χ0n) is 13.4. The number of ether oxygens (including phenoxy) is 1. The molecular weight excluding hydrogens is 300 g/mol. The maximum absolute atomic E-state index is 13.0. The molecule has 0 aromatic heterocycles. The molecule has 120 valence electrons. The van der Waals surface area contributed by atoms with Crippen molar-refractivity contribution in [2.45, 2.75) is 6.92 Å². The summed E-state index contributed by atoms with van der Waals surface area (Å²) in [4.78, 5) is 13.0. The number of carbonyl (C=O) groups is 1. The molecule has 0 amide bonds. The van der Waals surface area contributed by atoms with Gasteiger partial charge in [0.25, 0.3) is 0 Å². The number of benzene rings is 3. The van der Waals surface area contributed by atoms with Gasteiger partial charge in [-0.3, -0.25) is 4.79 Å². The lowest BCUT2D eigenvalue weighted by atomic mass is 9.92. The molecule has 0 radical (unpaired) electrons. The quantitative estimate of drug-likeness (QED) is 0.694. The summed E-state index contributed by atoms with van der Waals surface area (Å²) in [7, 11) is 0. The van der Waals surface area contributed by atoms with Crippen LogP contribution in [0.15, 0.2) is 72.8 Å². The molecule has 3 nitrogen and oxygen atoms in total. The van der Waals surface area contributed by atoms with Crippen molar-refractivity contribution in [1.29, 1.82) is 0 Å². The van der Waals surface area contributed by atoms with Crippen LogP contribution in [0, 0.1) is 0 Å². The lowest BCUT2D eigenvalue weighted by molar-refractivity contribution is 0.103. The second-order valence-corrected chi connectivity index (χ2v) is 5.33. The van der Waals surface area contributed by atoms with Crippen molar-refractivity contribution in [2.24, 2.45) is 0 Å². The summed E-state index contributed by atoms with van der Waals surface area (Å²) in [5, 5.41) is 10.2. The minimum absolute atomic E-state index is 0.0281. The van der Waals surface area contributed by atoms with Gasteiger partial charge in [0.1, 0.15) is 0 Å². The fraction of sp³-hybridized carbons (Fsp3) is 0.0952. The molecule has 3 rings (SSSR count). The van der Waals surface area contributed by atoms with Gasteiger partial charge < -0.3 is 9.84 Å². The highest BCUT2D eigenvalue weighted by atomic mass is 16.5. The first-order valence-electron chi connectivity index (χ1n) is 7.86. The van der Waals surface area contributed by atoms with E-state index >= 15 is 0 Å². The first kappa shape index (κ1) is 15.8. The number of carbonyl (C=O) groups excluding carboxylic acids is 1. The van der Waals surface area contributed by atoms with E-state index < -0.39 is 0 Å². The number of ketones is 1. The van der Waals surface area contributed by atoms with E-state index in [2.05, 4.69) is 0 Å². The first-order chi connectivity index (χ1) is 11.7. The average molecular weight is 318 g/mol. The third-order valence-corrected chi connectivity index (χ3v) is 3.77. The van der Waals surface area contributed by atoms with Crippen molar-refractivity contribution in [3.05, 3.63) is 83.9 Å². The molecule has 1 N–H and O–H groups in total. The van der Waals surface area contributed by atoms with E-state index in [4.69, 9.17) is 4.74 Å². The van der Waals surface area contributed by atoms with Crippen molar-refractivity contribution in [3.8, 4) is 22.6 Å². The van der Waals surface area contributed by atoms with Gasteiger partial charge in [-0.2, -0.15) is 0 Å². The molecule has 3 aromatic carbocycles. The molecule has 0 aliphatic carbocycles. The zero-order chi connectivity index (χ0) is 16.9. The van der Waals surface area contributed by atoms with Gasteiger partial charge >= 0.3 is 0 Å². The van der Waals surface area contributed by atoms with Gasteiger partial charge in [-0.05, 0) is 24.6 Å². The summed E-state index contributed by atoms with van der Waals surface area (Å²) in [5.41, 5.74) is 2.55. The van der Waals surface area contributed by atoms with Crippen LogP contribution < -0.4 is 4.74 Å². The van der Waals surface area contributed by atoms with Gasteiger partial charge in [0.2, 0.25) is 0 Å². The molecule has 0 saturated carbocycles. The Bertz CT molecular complexity index is 840. The van der Waals surface area contributed by atoms with Crippen LogP contribution in [0.25, 0.3) is 11.1 Å². The van der Waals surface area contributed by atoms with Crippen LogP contribution in [0.2, 0.25) is 0 Å². The number of hydrogen-bond acceptors (Lipinski definition) is 3. The number of phenols is 1. The van der Waals surface area contributed by atoms with E-state index in [9.17, 15) is 9.90 Å². The Morgan fingerprint density at radius 1 is 0.917 bits per heavy atom. The van der Waals surface area contributed by atoms with E-state index in [1.54, 1.807) is 18.2 Å². The van der Waals surface area contributed by atoms with Crippen molar-refractivity contribution in [2.75, 3.05) is 6.61 Å². The molecule has 3 aromatic rings. The van der Waals surface area contributed by atoms with E-state index in [0.29, 0.717) is 29.0 Å². The summed E-state index contributed by atoms with van der Waals surface area (Å²) in [6.07, 6.45) is 0. The Kier molecular flexibility index (Phi) is 4.62. The molecule has 0 unspecified atom stereocenters. The molecule has 3 heteroatoms. The first-order valence-corrected chi connectivity index (χ1v) is 7.86. The molecule has 0 fully saturated rings. The zero-order valence-corrected chi connectivity index (χ0v) is 13.4. The molecule has 0 aliphatic rings. The van der Waals surface area contributed by atoms with Crippen molar-refractivity contribution in [3.63, 3.8) is 0 Å². The largest absolute Gasteiger partial charge is 0.504 e. The molecule has 0 saturated heterocycles. The van der Waals surface area contributed by atoms with Crippen LogP contribution in [-0.4, -0.2) is 17.5 Å². The molecule has 24 heavy (non-hydrogen) atoms. The Morgan fingerprint density at radius 3 is 2.17 bits per heavy atom. The summed E-state index contributed by atoms with van der Waals surface area (Å²) in [6, 6.07) is 21.8. The SMILES string of the molecule is CCOc1c(O)ccc(C(=O)c2ccccc2)c1-c1ccccc1. The number of hydrogen-bond donors (Lipinski definition) is 1. The highest BCUT2D eigenvalue weighted by Crippen LogP contribution is 2.41. The van der Waals surface area contributed by atoms with Gasteiger partial charge in [-0.25, -0.2) is 0 Å². The third kappa shape index (κ3) is 3.01. The number of aromatic hydroxyl groups is 1. The number of rotatable bonds is 5. The Balaban J connectivity index is 2.23. The van der Waals surface area contributed by atoms with Crippen LogP contribution in [0.3, 0.4) is 0 Å². The van der Waals surface area contributed by atoms with E-state index in [1.165, 1.54) is 6.07 Å². The predicted molar refractivity (Wildman–Crippen MR) is 94.6 cm³/mol. The monoisotopic (exact) mass is 318 g/mol. The van der Waals surface area contributed by atoms with Crippen molar-refractivity contribution in [1.82, 2.24) is 0 Å². The maximum Gasteiger partial charge on any atom is 0.193 e. The van der Waals surface area contributed by atoms with Gasteiger partial charge in [-0.1, -0.05) is 60.7 Å². The van der Waals surface area contributed by atoms with Gasteiger partial charge in [0.15, 0.2) is 17.3 Å².